The van der Waals surface area contributed by atoms with Crippen molar-refractivity contribution in [2.24, 2.45) is 0 Å². The molecule has 2 heterocycles. The second-order valence-corrected chi connectivity index (χ2v) is 29.4. The number of aryl methyl sites for hydroxylation is 1. The lowest BCUT2D eigenvalue weighted by atomic mass is 9.91. The molecule has 18 aromatic carbocycles. The lowest BCUT2D eigenvalue weighted by Crippen LogP contribution is -2.09. The molecule has 0 atom stereocenters. The number of rotatable bonds is 15. The molecule has 2 aromatic heterocycles. The molecule has 0 saturated heterocycles. The number of hydrogen-bond acceptors (Lipinski definition) is 4. The van der Waals surface area contributed by atoms with Gasteiger partial charge in [0.2, 0.25) is 0 Å². The van der Waals surface area contributed by atoms with E-state index in [0.29, 0.717) is 0 Å². The summed E-state index contributed by atoms with van der Waals surface area (Å²) in [6.45, 7) is 2.12. The number of fused-ring (bicyclic) bond motifs is 6. The molecule has 0 saturated carbocycles. The third-order valence-corrected chi connectivity index (χ3v) is 21.7. The summed E-state index contributed by atoms with van der Waals surface area (Å²) in [5, 5.41) is 4.72. The molecular weight excluding hydrogens is 1460 g/mol. The summed E-state index contributed by atoms with van der Waals surface area (Å²) >= 11 is 3.74. The Bertz CT molecular complexity index is 6500. The van der Waals surface area contributed by atoms with Gasteiger partial charge < -0.3 is 18.6 Å². The van der Waals surface area contributed by atoms with E-state index in [0.717, 1.165) is 94.0 Å². The molecule has 552 valence electrons. The standard InChI is InChI=1S/C54H37NO.C42H30BrN.C13H10O.CH4.H2/c1-4-13-38(14-5-1)41-23-29-47(30-24-41)55(48-31-25-42(26-32-48)39-15-6-2-7-16-39)49-33-27-43(28-34-49)45-35-44(40-17-8-3-9-18-40)36-46(37-45)50-20-12-22-53-54(50)51-19-10-11-21-52(51)56-53;43-39-29-37(33-14-8-3-9-15-33)28-38(30-39)36-20-26-42(27-21-36)44(40-22-16-34(17-23-40)31-10-4-1-5-11-31)41-24-18-35(19-25-41)32-12-6-2-7-13-32;1-9-5-4-8-12-13(9)10-6-2-3-7-11(10)14-12;;/h1-37H;1-30H;2-8H,1H3;1H4;1H/i;;;;1+1. The number of para-hydroxylation sites is 2. The molecule has 5 heteroatoms. The Morgan fingerprint density at radius 1 is 0.200 bits per heavy atom. The van der Waals surface area contributed by atoms with Crippen LogP contribution in [0.2, 0.25) is 0 Å². The van der Waals surface area contributed by atoms with E-state index in [9.17, 15) is 0 Å². The summed E-state index contributed by atoms with van der Waals surface area (Å²) in [7, 11) is 0. The predicted octanol–water partition coefficient (Wildman–Crippen LogP) is 32.8. The van der Waals surface area contributed by atoms with E-state index in [-0.39, 0.29) is 8.85 Å². The number of hydrogen-bond donors (Lipinski definition) is 0. The molecule has 0 radical (unpaired) electrons. The van der Waals surface area contributed by atoms with Gasteiger partial charge in [-0.15, -0.1) is 0 Å². The van der Waals surface area contributed by atoms with Gasteiger partial charge >= 0.3 is 0 Å². The summed E-state index contributed by atoms with van der Waals surface area (Å²) in [4.78, 5) is 4.66. The first-order chi connectivity index (χ1) is 56.3. The Morgan fingerprint density at radius 2 is 0.426 bits per heavy atom. The van der Waals surface area contributed by atoms with Crippen LogP contribution in [0, 0.1) is 6.92 Å². The SMILES string of the molecule is Brc1cc(-c2ccccc2)cc(-c2ccc(N(c3ccc(-c4ccccc4)cc3)c3ccc(-c4ccccc4)cc3)cc2)c1.C.Cc1cccc2oc3ccccc3c12.[2HH].c1ccc(-c2ccc(N(c3ccc(-c4ccccc4)cc3)c3ccc(-c4cc(-c5ccccc5)cc(-c5cccc6oc7ccccc7c56)c4)cc3)cc2)cc1. The molecule has 0 unspecified atom stereocenters. The van der Waals surface area contributed by atoms with Crippen LogP contribution in [0.3, 0.4) is 0 Å². The molecule has 20 aromatic rings. The van der Waals surface area contributed by atoms with Crippen LogP contribution in [-0.2, 0) is 0 Å². The molecule has 0 bridgehead atoms. The topological polar surface area (TPSA) is 32.8 Å². The van der Waals surface area contributed by atoms with Gasteiger partial charge in [0, 0.05) is 61.6 Å². The normalized spacial score (nSPS) is 11.0. The molecule has 20 rings (SSSR count). The van der Waals surface area contributed by atoms with Gasteiger partial charge in [-0.2, -0.15) is 0 Å². The van der Waals surface area contributed by atoms with Crippen molar-refractivity contribution in [3.05, 3.63) is 459 Å². The van der Waals surface area contributed by atoms with Crippen molar-refractivity contribution in [3.63, 3.8) is 0 Å². The average molecular weight is 1550 g/mol. The van der Waals surface area contributed by atoms with Crippen LogP contribution in [0.1, 0.15) is 14.4 Å². The van der Waals surface area contributed by atoms with Crippen molar-refractivity contribution < 1.29 is 10.3 Å². The zero-order valence-electron chi connectivity index (χ0n) is 62.8. The summed E-state index contributed by atoms with van der Waals surface area (Å²) in [6.07, 6.45) is 0. The fourth-order valence-corrected chi connectivity index (χ4v) is 16.0. The fraction of sp³-hybridized carbons (Fsp3) is 0.0182. The smallest absolute Gasteiger partial charge is 0.136 e. The van der Waals surface area contributed by atoms with E-state index < -0.39 is 0 Å². The first-order valence-corrected chi connectivity index (χ1v) is 39.4. The molecule has 0 aliphatic heterocycles. The van der Waals surface area contributed by atoms with Crippen LogP contribution >= 0.6 is 15.9 Å². The maximum atomic E-state index is 6.31. The molecule has 0 amide bonds. The largest absolute Gasteiger partial charge is 0.456 e. The Morgan fingerprint density at radius 3 is 0.748 bits per heavy atom. The minimum Gasteiger partial charge on any atom is -0.456 e. The van der Waals surface area contributed by atoms with E-state index in [2.05, 4.69) is 439 Å². The maximum Gasteiger partial charge on any atom is 0.136 e. The minimum absolute atomic E-state index is 0. The van der Waals surface area contributed by atoms with E-state index in [1.165, 1.54) is 94.2 Å². The van der Waals surface area contributed by atoms with Gasteiger partial charge in [-0.05, 0) is 246 Å². The van der Waals surface area contributed by atoms with Gasteiger partial charge in [-0.1, -0.05) is 339 Å². The summed E-state index contributed by atoms with van der Waals surface area (Å²) in [6, 6.07) is 159. The highest BCUT2D eigenvalue weighted by Gasteiger charge is 2.20. The van der Waals surface area contributed by atoms with E-state index in [1.807, 2.05) is 42.5 Å². The van der Waals surface area contributed by atoms with Crippen molar-refractivity contribution >= 4 is 93.9 Å². The van der Waals surface area contributed by atoms with Crippen LogP contribution < -0.4 is 9.80 Å². The first-order valence-electron chi connectivity index (χ1n) is 38.6. The zero-order valence-corrected chi connectivity index (χ0v) is 64.4. The molecule has 0 fully saturated rings. The molecule has 0 N–H and O–H groups in total. The third kappa shape index (κ3) is 16.0. The van der Waals surface area contributed by atoms with Gasteiger partial charge in [0.1, 0.15) is 22.3 Å². The predicted molar refractivity (Wildman–Crippen MR) is 493 cm³/mol. The molecule has 115 heavy (non-hydrogen) atoms. The van der Waals surface area contributed by atoms with E-state index in [1.54, 1.807) is 0 Å². The highest BCUT2D eigenvalue weighted by atomic mass is 79.9. The van der Waals surface area contributed by atoms with Gasteiger partial charge in [0.05, 0.1) is 0 Å². The number of nitrogens with zero attached hydrogens (tertiary/aromatic N) is 2. The van der Waals surface area contributed by atoms with E-state index >= 15 is 0 Å². The van der Waals surface area contributed by atoms with Crippen LogP contribution in [-0.4, -0.2) is 0 Å². The molecule has 4 nitrogen and oxygen atoms in total. The Kier molecular flexibility index (Phi) is 21.5. The monoisotopic (exact) mass is 1540 g/mol. The lowest BCUT2D eigenvalue weighted by molar-refractivity contribution is 0.668. The van der Waals surface area contributed by atoms with Gasteiger partial charge in [-0.25, -0.2) is 0 Å². The van der Waals surface area contributed by atoms with Gasteiger partial charge in [0.25, 0.3) is 0 Å². The molecule has 0 aliphatic rings. The number of anilines is 6. The third-order valence-electron chi connectivity index (χ3n) is 21.2. The van der Waals surface area contributed by atoms with Crippen molar-refractivity contribution in [1.82, 2.24) is 0 Å². The zero-order chi connectivity index (χ0) is 76.5. The highest BCUT2D eigenvalue weighted by molar-refractivity contribution is 9.10. The van der Waals surface area contributed by atoms with Crippen molar-refractivity contribution in [3.8, 4) is 100 Å². The number of halogens is 1. The second-order valence-electron chi connectivity index (χ2n) is 28.5. The van der Waals surface area contributed by atoms with Crippen molar-refractivity contribution in [2.45, 2.75) is 14.4 Å². The maximum absolute atomic E-state index is 6.31. The Labute approximate surface area is 682 Å². The van der Waals surface area contributed by atoms with Gasteiger partial charge in [0.15, 0.2) is 0 Å². The second kappa shape index (κ2) is 33.7. The van der Waals surface area contributed by atoms with Crippen molar-refractivity contribution in [1.29, 1.82) is 0 Å². The first kappa shape index (κ1) is 73.4. The summed E-state index contributed by atoms with van der Waals surface area (Å²) < 4.78 is 13.1. The van der Waals surface area contributed by atoms with E-state index in [4.69, 9.17) is 8.83 Å². The van der Waals surface area contributed by atoms with Gasteiger partial charge in [-0.3, -0.25) is 0 Å². The summed E-state index contributed by atoms with van der Waals surface area (Å²) in [5.74, 6) is 0. The van der Waals surface area contributed by atoms with Crippen LogP contribution in [0.5, 0.6) is 0 Å². The number of furan rings is 2. The fourth-order valence-electron chi connectivity index (χ4n) is 15.5. The van der Waals surface area contributed by atoms with Crippen LogP contribution in [0.4, 0.5) is 34.1 Å². The van der Waals surface area contributed by atoms with Crippen LogP contribution in [0.25, 0.3) is 144 Å². The minimum atomic E-state index is 0. The molecule has 0 spiro atoms. The average Bonchev–Trinajstić information content (AvgIpc) is 1.39. The van der Waals surface area contributed by atoms with Crippen molar-refractivity contribution in [2.75, 3.05) is 9.80 Å². The van der Waals surface area contributed by atoms with Crippen LogP contribution in [0.15, 0.2) is 462 Å². The molecule has 0 aliphatic carbocycles. The lowest BCUT2D eigenvalue weighted by Gasteiger charge is -2.26. The molecular formula is C110H83BrN2O2. The quantitative estimate of drug-likeness (QED) is 0.102. The Balaban J connectivity index is 0.000000149. The summed E-state index contributed by atoms with van der Waals surface area (Å²) in [5.41, 5.74) is 33.0. The highest BCUT2D eigenvalue weighted by Crippen LogP contribution is 2.44. The Hall–Kier alpha value is -14.4. The number of benzene rings is 18.